The minimum absolute atomic E-state index is 0.0737. The second-order valence-corrected chi connectivity index (χ2v) is 8.62. The number of carbonyl (C=O) groups is 2. The Morgan fingerprint density at radius 1 is 1.06 bits per heavy atom. The lowest BCUT2D eigenvalue weighted by molar-refractivity contribution is -0.117. The number of fused-ring (bicyclic) bond motifs is 1. The van der Waals surface area contributed by atoms with Gasteiger partial charge in [0.2, 0.25) is 5.91 Å². The maximum absolute atomic E-state index is 14.4. The molecule has 9 nitrogen and oxygen atoms in total. The van der Waals surface area contributed by atoms with E-state index in [0.717, 1.165) is 17.7 Å². The van der Waals surface area contributed by atoms with Crippen molar-refractivity contribution in [2.24, 2.45) is 5.18 Å². The highest BCUT2D eigenvalue weighted by atomic mass is 19.1. The largest absolute Gasteiger partial charge is 0.494 e. The van der Waals surface area contributed by atoms with Gasteiger partial charge in [-0.1, -0.05) is 5.18 Å². The van der Waals surface area contributed by atoms with Gasteiger partial charge in [-0.05, 0) is 55.7 Å². The fourth-order valence-corrected chi connectivity index (χ4v) is 4.85. The van der Waals surface area contributed by atoms with Crippen LogP contribution < -0.4 is 14.5 Å². The molecule has 2 aliphatic rings. The molecule has 2 aliphatic heterocycles. The van der Waals surface area contributed by atoms with Crippen LogP contribution in [0.25, 0.3) is 5.69 Å². The van der Waals surface area contributed by atoms with Gasteiger partial charge in [0.15, 0.2) is 11.6 Å². The lowest BCUT2D eigenvalue weighted by Crippen LogP contribution is -2.39. The summed E-state index contributed by atoms with van der Waals surface area (Å²) in [7, 11) is 1.37. The fraction of sp³-hybridized carbons (Fsp3) is 0.320. The van der Waals surface area contributed by atoms with Gasteiger partial charge in [-0.25, -0.2) is 9.07 Å². The van der Waals surface area contributed by atoms with Crippen molar-refractivity contribution in [1.82, 2.24) is 9.78 Å². The molecule has 0 saturated carbocycles. The van der Waals surface area contributed by atoms with Crippen molar-refractivity contribution in [2.75, 3.05) is 30.0 Å². The average molecular weight is 477 g/mol. The molecule has 0 aliphatic carbocycles. The van der Waals surface area contributed by atoms with E-state index in [0.29, 0.717) is 48.6 Å². The van der Waals surface area contributed by atoms with Crippen molar-refractivity contribution >= 4 is 23.2 Å². The maximum Gasteiger partial charge on any atom is 0.277 e. The van der Waals surface area contributed by atoms with Gasteiger partial charge in [0.25, 0.3) is 5.91 Å². The second kappa shape index (κ2) is 8.94. The van der Waals surface area contributed by atoms with E-state index in [1.54, 1.807) is 15.9 Å². The van der Waals surface area contributed by atoms with Crippen LogP contribution in [-0.4, -0.2) is 41.8 Å². The number of hydrogen-bond acceptors (Lipinski definition) is 6. The molecule has 3 heterocycles. The summed E-state index contributed by atoms with van der Waals surface area (Å²) in [6.07, 6.45) is 1.85. The number of nitroso groups, excluding NO2 is 1. The fourth-order valence-electron chi connectivity index (χ4n) is 4.85. The second-order valence-electron chi connectivity index (χ2n) is 8.62. The van der Waals surface area contributed by atoms with Crippen LogP contribution in [0.1, 0.15) is 40.2 Å². The molecule has 0 bridgehead atoms. The summed E-state index contributed by atoms with van der Waals surface area (Å²) in [5.74, 6) is -0.723. The molecule has 2 amide bonds. The van der Waals surface area contributed by atoms with E-state index in [9.17, 15) is 18.9 Å². The Morgan fingerprint density at radius 3 is 2.51 bits per heavy atom. The number of carbonyl (C=O) groups excluding carboxylic acids is 2. The summed E-state index contributed by atoms with van der Waals surface area (Å²) in [6.45, 7) is 2.82. The SMILES string of the molecule is COc1ccc(-n2nc(CN=O)c3c2C(=O)N(c2ccc(N4CCCC4=O)c(C)c2)CC3)cc1F. The lowest BCUT2D eigenvalue weighted by Gasteiger charge is -2.29. The van der Waals surface area contributed by atoms with Crippen LogP contribution in [0.15, 0.2) is 41.6 Å². The summed E-state index contributed by atoms with van der Waals surface area (Å²) in [5.41, 5.74) is 4.09. The first-order chi connectivity index (χ1) is 16.9. The van der Waals surface area contributed by atoms with E-state index in [4.69, 9.17) is 4.74 Å². The van der Waals surface area contributed by atoms with Crippen LogP contribution in [-0.2, 0) is 17.8 Å². The average Bonchev–Trinajstić information content (AvgIpc) is 3.43. The highest BCUT2D eigenvalue weighted by Gasteiger charge is 2.34. The number of aromatic nitrogens is 2. The van der Waals surface area contributed by atoms with E-state index in [2.05, 4.69) is 10.3 Å². The van der Waals surface area contributed by atoms with Crippen LogP contribution >= 0.6 is 0 Å². The van der Waals surface area contributed by atoms with E-state index >= 15 is 0 Å². The maximum atomic E-state index is 14.4. The molecule has 0 spiro atoms. The highest BCUT2D eigenvalue weighted by Crippen LogP contribution is 2.33. The topological polar surface area (TPSA) is 97.1 Å². The van der Waals surface area contributed by atoms with Gasteiger partial charge in [0, 0.05) is 42.5 Å². The van der Waals surface area contributed by atoms with Crippen LogP contribution in [0, 0.1) is 17.6 Å². The molecule has 3 aromatic rings. The first kappa shape index (κ1) is 22.7. The number of anilines is 2. The molecule has 180 valence electrons. The van der Waals surface area contributed by atoms with Crippen molar-refractivity contribution in [2.45, 2.75) is 32.7 Å². The molecular formula is C25H24FN5O4. The van der Waals surface area contributed by atoms with E-state index in [1.807, 2.05) is 25.1 Å². The van der Waals surface area contributed by atoms with E-state index < -0.39 is 5.82 Å². The van der Waals surface area contributed by atoms with Crippen molar-refractivity contribution < 1.29 is 18.7 Å². The van der Waals surface area contributed by atoms with Gasteiger partial charge in [-0.3, -0.25) is 9.59 Å². The number of benzene rings is 2. The Labute approximate surface area is 201 Å². The zero-order valence-corrected chi connectivity index (χ0v) is 19.5. The number of ether oxygens (including phenoxy) is 1. The monoisotopic (exact) mass is 477 g/mol. The molecule has 2 aromatic carbocycles. The minimum Gasteiger partial charge on any atom is -0.494 e. The molecule has 1 aromatic heterocycles. The number of amides is 2. The first-order valence-corrected chi connectivity index (χ1v) is 11.4. The van der Waals surface area contributed by atoms with Gasteiger partial charge in [0.05, 0.1) is 18.5 Å². The Balaban J connectivity index is 1.54. The molecule has 10 heteroatoms. The van der Waals surface area contributed by atoms with Gasteiger partial charge >= 0.3 is 0 Å². The van der Waals surface area contributed by atoms with Gasteiger partial charge in [-0.2, -0.15) is 10.0 Å². The third-order valence-corrected chi connectivity index (χ3v) is 6.55. The Bertz CT molecular complexity index is 1350. The molecule has 0 atom stereocenters. The van der Waals surface area contributed by atoms with Crippen molar-refractivity contribution in [1.29, 1.82) is 0 Å². The summed E-state index contributed by atoms with van der Waals surface area (Å²) in [6, 6.07) is 9.90. The zero-order valence-electron chi connectivity index (χ0n) is 19.5. The lowest BCUT2D eigenvalue weighted by atomic mass is 10.0. The van der Waals surface area contributed by atoms with E-state index in [1.165, 1.54) is 23.9 Å². The highest BCUT2D eigenvalue weighted by molar-refractivity contribution is 6.08. The van der Waals surface area contributed by atoms with Crippen LogP contribution in [0.5, 0.6) is 5.75 Å². The molecule has 0 unspecified atom stereocenters. The number of aryl methyl sites for hydroxylation is 1. The number of halogens is 1. The third kappa shape index (κ3) is 3.84. The van der Waals surface area contributed by atoms with Crippen LogP contribution in [0.3, 0.4) is 0 Å². The molecule has 0 radical (unpaired) electrons. The molecule has 1 saturated heterocycles. The van der Waals surface area contributed by atoms with Gasteiger partial charge in [-0.15, -0.1) is 0 Å². The first-order valence-electron chi connectivity index (χ1n) is 11.4. The molecular weight excluding hydrogens is 453 g/mol. The van der Waals surface area contributed by atoms with Crippen LogP contribution in [0.4, 0.5) is 15.8 Å². The Kier molecular flexibility index (Phi) is 5.80. The summed E-state index contributed by atoms with van der Waals surface area (Å²) in [4.78, 5) is 40.3. The van der Waals surface area contributed by atoms with E-state index in [-0.39, 0.29) is 29.8 Å². The predicted octanol–water partition coefficient (Wildman–Crippen LogP) is 3.92. The van der Waals surface area contributed by atoms with Gasteiger partial charge < -0.3 is 14.5 Å². The number of nitrogens with zero attached hydrogens (tertiary/aromatic N) is 5. The zero-order chi connectivity index (χ0) is 24.7. The Morgan fingerprint density at radius 2 is 1.86 bits per heavy atom. The number of rotatable bonds is 6. The van der Waals surface area contributed by atoms with Gasteiger partial charge in [0.1, 0.15) is 12.2 Å². The number of methoxy groups -OCH3 is 1. The standard InChI is InChI=1S/C25H24FN5O4/c1-15-12-16(5-7-21(15)30-10-3-4-23(30)32)29-11-9-18-20(14-27-34)28-31(24(18)25(29)33)17-6-8-22(35-2)19(26)13-17/h5-8,12-13H,3-4,9-11,14H2,1-2H3. The predicted molar refractivity (Wildman–Crippen MR) is 128 cm³/mol. The third-order valence-electron chi connectivity index (χ3n) is 6.55. The summed E-state index contributed by atoms with van der Waals surface area (Å²) < 4.78 is 20.8. The van der Waals surface area contributed by atoms with Crippen LogP contribution in [0.2, 0.25) is 0 Å². The van der Waals surface area contributed by atoms with Crippen molar-refractivity contribution in [3.63, 3.8) is 0 Å². The normalized spacial score (nSPS) is 15.5. The molecule has 0 N–H and O–H groups in total. The van der Waals surface area contributed by atoms with Crippen molar-refractivity contribution in [3.8, 4) is 11.4 Å². The molecule has 35 heavy (non-hydrogen) atoms. The Hall–Kier alpha value is -4.08. The van der Waals surface area contributed by atoms with Crippen molar-refractivity contribution in [3.05, 3.63) is 69.6 Å². The summed E-state index contributed by atoms with van der Waals surface area (Å²) in [5, 5.41) is 7.40. The molecule has 1 fully saturated rings. The smallest absolute Gasteiger partial charge is 0.277 e. The number of hydrogen-bond donors (Lipinski definition) is 0. The molecule has 5 rings (SSSR count). The summed E-state index contributed by atoms with van der Waals surface area (Å²) >= 11 is 0. The quantitative estimate of drug-likeness (QED) is 0.501. The minimum atomic E-state index is -0.591.